The Morgan fingerprint density at radius 2 is 1.91 bits per heavy atom. The van der Waals surface area contributed by atoms with Crippen molar-refractivity contribution in [3.8, 4) is 0 Å². The molecule has 1 saturated heterocycles. The average Bonchev–Trinajstić information content (AvgIpc) is 2.52. The molecule has 0 saturated carbocycles. The third-order valence-electron chi connectivity index (χ3n) is 4.27. The predicted molar refractivity (Wildman–Crippen MR) is 105 cm³/mol. The molecule has 0 spiro atoms. The second kappa shape index (κ2) is 10.0. The van der Waals surface area contributed by atoms with Crippen LogP contribution in [0.2, 0.25) is 0 Å². The van der Waals surface area contributed by atoms with Gasteiger partial charge >= 0.3 is 0 Å². The minimum Gasteiger partial charge on any atom is -0.359 e. The molecular formula is C17H29IN4. The highest BCUT2D eigenvalue weighted by Gasteiger charge is 2.17. The van der Waals surface area contributed by atoms with Crippen molar-refractivity contribution < 1.29 is 0 Å². The molecule has 1 atom stereocenters. The Labute approximate surface area is 151 Å². The van der Waals surface area contributed by atoms with Crippen LogP contribution in [0.1, 0.15) is 37.3 Å². The maximum atomic E-state index is 4.11. The molecule has 1 aromatic carbocycles. The van der Waals surface area contributed by atoms with Crippen LogP contribution in [0.3, 0.4) is 0 Å². The van der Waals surface area contributed by atoms with E-state index in [1.165, 1.54) is 36.9 Å². The molecule has 0 aliphatic carbocycles. The van der Waals surface area contributed by atoms with Gasteiger partial charge in [0.1, 0.15) is 0 Å². The second-order valence-electron chi connectivity index (χ2n) is 5.81. The van der Waals surface area contributed by atoms with E-state index in [9.17, 15) is 0 Å². The summed E-state index contributed by atoms with van der Waals surface area (Å²) in [4.78, 5) is 6.71. The van der Waals surface area contributed by atoms with Crippen LogP contribution >= 0.6 is 24.0 Å². The first kappa shape index (κ1) is 19.2. The summed E-state index contributed by atoms with van der Waals surface area (Å²) in [6.45, 7) is 5.46. The van der Waals surface area contributed by atoms with Crippen molar-refractivity contribution in [3.63, 3.8) is 0 Å². The van der Waals surface area contributed by atoms with Gasteiger partial charge in [-0.1, -0.05) is 30.7 Å². The topological polar surface area (TPSA) is 39.7 Å². The number of hydrogen-bond acceptors (Lipinski definition) is 2. The summed E-state index contributed by atoms with van der Waals surface area (Å²) in [7, 11) is 3.65. The zero-order valence-electron chi connectivity index (χ0n) is 13.9. The molecule has 1 unspecified atom stereocenters. The van der Waals surface area contributed by atoms with Crippen LogP contribution in [0.4, 0.5) is 0 Å². The fraction of sp³-hybridized carbons (Fsp3) is 0.588. The van der Waals surface area contributed by atoms with E-state index in [4.69, 9.17) is 0 Å². The standard InChI is InChI=1S/C17H28N4.HI/c1-14-6-4-5-11-21(14)13-16-9-7-15(8-10-16)12-20-17(18-2)19-3;/h7-10,14H,4-6,11-13H2,1-3H3,(H2,18,19,20);1H. The number of guanidine groups is 1. The Kier molecular flexibility index (Phi) is 8.78. The van der Waals surface area contributed by atoms with Crippen molar-refractivity contribution >= 4 is 29.9 Å². The minimum atomic E-state index is 0. The normalized spacial score (nSPS) is 19.4. The van der Waals surface area contributed by atoms with Gasteiger partial charge in [0.05, 0.1) is 0 Å². The van der Waals surface area contributed by atoms with E-state index in [1.54, 1.807) is 7.05 Å². The van der Waals surface area contributed by atoms with Crippen molar-refractivity contribution in [2.45, 2.75) is 45.3 Å². The van der Waals surface area contributed by atoms with Crippen molar-refractivity contribution in [1.29, 1.82) is 0 Å². The van der Waals surface area contributed by atoms with Gasteiger partial charge in [0.2, 0.25) is 0 Å². The fourth-order valence-corrected chi connectivity index (χ4v) is 2.85. The van der Waals surface area contributed by atoms with Gasteiger partial charge in [0.15, 0.2) is 5.96 Å². The summed E-state index contributed by atoms with van der Waals surface area (Å²) >= 11 is 0. The molecule has 2 rings (SSSR count). The van der Waals surface area contributed by atoms with Crippen LogP contribution in [-0.2, 0) is 13.1 Å². The van der Waals surface area contributed by atoms with E-state index in [0.717, 1.165) is 25.1 Å². The Morgan fingerprint density at radius 1 is 1.23 bits per heavy atom. The first-order valence-electron chi connectivity index (χ1n) is 7.93. The summed E-state index contributed by atoms with van der Waals surface area (Å²) < 4.78 is 0. The van der Waals surface area contributed by atoms with Crippen molar-refractivity contribution in [3.05, 3.63) is 35.4 Å². The molecule has 0 aromatic heterocycles. The van der Waals surface area contributed by atoms with Gasteiger partial charge in [-0.3, -0.25) is 9.89 Å². The molecule has 1 aromatic rings. The lowest BCUT2D eigenvalue weighted by Crippen LogP contribution is -2.36. The molecule has 4 nitrogen and oxygen atoms in total. The molecule has 2 N–H and O–H groups in total. The van der Waals surface area contributed by atoms with Crippen LogP contribution in [-0.4, -0.2) is 37.5 Å². The average molecular weight is 416 g/mol. The number of halogens is 1. The van der Waals surface area contributed by atoms with Gasteiger partial charge in [0.25, 0.3) is 0 Å². The Hall–Kier alpha value is -0.820. The van der Waals surface area contributed by atoms with E-state index >= 15 is 0 Å². The number of nitrogens with one attached hydrogen (secondary N) is 2. The molecule has 1 heterocycles. The quantitative estimate of drug-likeness (QED) is 0.451. The van der Waals surface area contributed by atoms with Crippen LogP contribution in [0.15, 0.2) is 29.3 Å². The smallest absolute Gasteiger partial charge is 0.190 e. The number of rotatable bonds is 4. The van der Waals surface area contributed by atoms with E-state index in [1.807, 2.05) is 7.05 Å². The number of likely N-dealkylation sites (tertiary alicyclic amines) is 1. The summed E-state index contributed by atoms with van der Waals surface area (Å²) in [5, 5.41) is 6.30. The van der Waals surface area contributed by atoms with Crippen molar-refractivity contribution in [2.75, 3.05) is 20.6 Å². The van der Waals surface area contributed by atoms with Crippen LogP contribution in [0.5, 0.6) is 0 Å². The molecule has 1 aliphatic heterocycles. The van der Waals surface area contributed by atoms with Gasteiger partial charge in [-0.15, -0.1) is 24.0 Å². The van der Waals surface area contributed by atoms with E-state index in [2.05, 4.69) is 51.7 Å². The van der Waals surface area contributed by atoms with Crippen molar-refractivity contribution in [1.82, 2.24) is 15.5 Å². The third kappa shape index (κ3) is 5.76. The Balaban J connectivity index is 0.00000242. The van der Waals surface area contributed by atoms with Crippen molar-refractivity contribution in [2.24, 2.45) is 4.99 Å². The molecule has 22 heavy (non-hydrogen) atoms. The summed E-state index contributed by atoms with van der Waals surface area (Å²) in [5.41, 5.74) is 2.69. The number of benzene rings is 1. The van der Waals surface area contributed by atoms with Crippen LogP contribution in [0, 0.1) is 0 Å². The Bertz CT molecular complexity index is 458. The largest absolute Gasteiger partial charge is 0.359 e. The minimum absolute atomic E-state index is 0. The van der Waals surface area contributed by atoms with E-state index < -0.39 is 0 Å². The highest BCUT2D eigenvalue weighted by atomic mass is 127. The highest BCUT2D eigenvalue weighted by molar-refractivity contribution is 14.0. The number of piperidine rings is 1. The maximum Gasteiger partial charge on any atom is 0.190 e. The molecule has 5 heteroatoms. The summed E-state index contributed by atoms with van der Waals surface area (Å²) in [6, 6.07) is 9.64. The third-order valence-corrected chi connectivity index (χ3v) is 4.27. The number of aliphatic imine (C=N–C) groups is 1. The van der Waals surface area contributed by atoms with Gasteiger partial charge in [0, 0.05) is 33.2 Å². The zero-order valence-corrected chi connectivity index (χ0v) is 16.3. The maximum absolute atomic E-state index is 4.11. The summed E-state index contributed by atoms with van der Waals surface area (Å²) in [6.07, 6.45) is 4.07. The molecular weight excluding hydrogens is 387 g/mol. The predicted octanol–water partition coefficient (Wildman–Crippen LogP) is 2.97. The first-order chi connectivity index (χ1) is 10.2. The van der Waals surface area contributed by atoms with Crippen LogP contribution < -0.4 is 10.6 Å². The molecule has 1 fully saturated rings. The van der Waals surface area contributed by atoms with Gasteiger partial charge in [-0.25, -0.2) is 0 Å². The van der Waals surface area contributed by atoms with Gasteiger partial charge in [-0.2, -0.15) is 0 Å². The van der Waals surface area contributed by atoms with Crippen LogP contribution in [0.25, 0.3) is 0 Å². The molecule has 0 bridgehead atoms. The lowest BCUT2D eigenvalue weighted by molar-refractivity contribution is 0.152. The zero-order chi connectivity index (χ0) is 15.1. The molecule has 124 valence electrons. The summed E-state index contributed by atoms with van der Waals surface area (Å²) in [5.74, 6) is 0.821. The van der Waals surface area contributed by atoms with Gasteiger partial charge < -0.3 is 10.6 Å². The fourth-order valence-electron chi connectivity index (χ4n) is 2.85. The second-order valence-corrected chi connectivity index (χ2v) is 5.81. The first-order valence-corrected chi connectivity index (χ1v) is 7.93. The molecule has 1 aliphatic rings. The lowest BCUT2D eigenvalue weighted by atomic mass is 10.0. The van der Waals surface area contributed by atoms with E-state index in [0.29, 0.717) is 0 Å². The lowest BCUT2D eigenvalue weighted by Gasteiger charge is -2.33. The van der Waals surface area contributed by atoms with E-state index in [-0.39, 0.29) is 24.0 Å². The number of hydrogen-bond donors (Lipinski definition) is 2. The highest BCUT2D eigenvalue weighted by Crippen LogP contribution is 2.19. The Morgan fingerprint density at radius 3 is 2.50 bits per heavy atom. The van der Waals surface area contributed by atoms with Gasteiger partial charge in [-0.05, 0) is 37.4 Å². The SMILES string of the molecule is CN=C(NC)NCc1ccc(CN2CCCCC2C)cc1.I. The molecule has 0 amide bonds. The molecule has 0 radical (unpaired) electrons. The number of nitrogens with zero attached hydrogens (tertiary/aromatic N) is 2. The monoisotopic (exact) mass is 416 g/mol.